The molecule has 1 aliphatic heterocycles. The van der Waals surface area contributed by atoms with Gasteiger partial charge in [0.15, 0.2) is 5.65 Å². The van der Waals surface area contributed by atoms with Crippen molar-refractivity contribution in [1.29, 1.82) is 0 Å². The summed E-state index contributed by atoms with van der Waals surface area (Å²) in [5, 5.41) is 20.5. The molecule has 3 N–H and O–H groups in total. The first-order valence-corrected chi connectivity index (χ1v) is 8.77. The second-order valence-electron chi connectivity index (χ2n) is 7.26. The molecule has 10 heteroatoms. The molecule has 136 valence electrons. The first-order chi connectivity index (χ1) is 11.7. The van der Waals surface area contributed by atoms with Crippen LogP contribution in [0.15, 0.2) is 0 Å². The predicted molar refractivity (Wildman–Crippen MR) is 96.3 cm³/mol. The number of hydrogen-bond donors (Lipinski definition) is 3. The molecule has 0 saturated carbocycles. The number of nitrogens with zero attached hydrogens (tertiary/aromatic N) is 4. The van der Waals surface area contributed by atoms with E-state index in [2.05, 4.69) is 25.5 Å². The van der Waals surface area contributed by atoms with Crippen LogP contribution in [0.4, 0.5) is 10.6 Å². The molecule has 0 aromatic carbocycles. The second-order valence-corrected chi connectivity index (χ2v) is 7.97. The van der Waals surface area contributed by atoms with Crippen molar-refractivity contribution in [1.82, 2.24) is 25.1 Å². The lowest BCUT2D eigenvalue weighted by molar-refractivity contribution is 0.0519. The Hall–Kier alpha value is -1.80. The Morgan fingerprint density at radius 1 is 1.36 bits per heavy atom. The minimum Gasteiger partial charge on any atom is -0.465 e. The number of H-pyrrole nitrogens is 1. The zero-order valence-corrected chi connectivity index (χ0v) is 15.7. The third kappa shape index (κ3) is 3.46. The number of halogens is 2. The Morgan fingerprint density at radius 3 is 2.72 bits per heavy atom. The van der Waals surface area contributed by atoms with Gasteiger partial charge in [0, 0.05) is 12.6 Å². The zero-order valence-electron chi connectivity index (χ0n) is 14.2. The van der Waals surface area contributed by atoms with Gasteiger partial charge in [-0.25, -0.2) is 4.79 Å². The van der Waals surface area contributed by atoms with Crippen LogP contribution in [-0.4, -0.2) is 54.9 Å². The number of aromatic nitrogens is 4. The SMILES string of the molecule is CC(C)(C)C1C(Nc2nc(Cl)nc3n[nH]c(Cl)c23)CCCN1C(=O)O. The minimum atomic E-state index is -0.918. The number of likely N-dealkylation sites (tertiary alicyclic amines) is 1. The van der Waals surface area contributed by atoms with E-state index >= 15 is 0 Å². The van der Waals surface area contributed by atoms with E-state index in [0.717, 1.165) is 12.8 Å². The van der Waals surface area contributed by atoms with Crippen molar-refractivity contribution < 1.29 is 9.90 Å². The number of amides is 1. The van der Waals surface area contributed by atoms with E-state index < -0.39 is 6.09 Å². The number of anilines is 1. The summed E-state index contributed by atoms with van der Waals surface area (Å²) in [5.41, 5.74) is 0.109. The molecule has 1 amide bonds. The third-order valence-electron chi connectivity index (χ3n) is 4.43. The number of rotatable bonds is 2. The van der Waals surface area contributed by atoms with Crippen molar-refractivity contribution in [3.05, 3.63) is 10.4 Å². The fourth-order valence-electron chi connectivity index (χ4n) is 3.58. The molecule has 8 nitrogen and oxygen atoms in total. The summed E-state index contributed by atoms with van der Waals surface area (Å²) in [6.45, 7) is 6.60. The van der Waals surface area contributed by atoms with Crippen LogP contribution in [0.1, 0.15) is 33.6 Å². The highest BCUT2D eigenvalue weighted by Crippen LogP contribution is 2.35. The van der Waals surface area contributed by atoms with Gasteiger partial charge in [0.05, 0.1) is 6.04 Å². The van der Waals surface area contributed by atoms with Gasteiger partial charge in [0.1, 0.15) is 16.4 Å². The lowest BCUT2D eigenvalue weighted by atomic mass is 9.77. The van der Waals surface area contributed by atoms with Crippen LogP contribution in [-0.2, 0) is 0 Å². The van der Waals surface area contributed by atoms with Crippen molar-refractivity contribution in [2.24, 2.45) is 5.41 Å². The normalized spacial score (nSPS) is 21.6. The van der Waals surface area contributed by atoms with Gasteiger partial charge in [-0.3, -0.25) is 5.10 Å². The van der Waals surface area contributed by atoms with Crippen LogP contribution in [0, 0.1) is 5.41 Å². The molecule has 3 rings (SSSR count). The zero-order chi connectivity index (χ0) is 18.4. The van der Waals surface area contributed by atoms with Crippen LogP contribution >= 0.6 is 23.2 Å². The highest BCUT2D eigenvalue weighted by Gasteiger charge is 2.42. The first-order valence-electron chi connectivity index (χ1n) is 8.01. The van der Waals surface area contributed by atoms with Crippen molar-refractivity contribution in [3.8, 4) is 0 Å². The molecule has 3 heterocycles. The number of carbonyl (C=O) groups is 1. The van der Waals surface area contributed by atoms with E-state index in [1.54, 1.807) is 0 Å². The van der Waals surface area contributed by atoms with Crippen LogP contribution < -0.4 is 5.32 Å². The maximum Gasteiger partial charge on any atom is 0.407 e. The molecule has 0 aliphatic carbocycles. The van der Waals surface area contributed by atoms with E-state index in [-0.39, 0.29) is 22.8 Å². The second kappa shape index (κ2) is 6.49. The Balaban J connectivity index is 2.01. The van der Waals surface area contributed by atoms with Crippen LogP contribution in [0.25, 0.3) is 11.0 Å². The molecule has 1 aliphatic rings. The van der Waals surface area contributed by atoms with Gasteiger partial charge < -0.3 is 15.3 Å². The molecular weight excluding hydrogens is 367 g/mol. The summed E-state index contributed by atoms with van der Waals surface area (Å²) in [4.78, 5) is 21.5. The molecule has 2 aromatic heterocycles. The van der Waals surface area contributed by atoms with E-state index in [9.17, 15) is 9.90 Å². The van der Waals surface area contributed by atoms with Gasteiger partial charge in [-0.2, -0.15) is 15.1 Å². The van der Waals surface area contributed by atoms with Crippen molar-refractivity contribution >= 4 is 46.1 Å². The van der Waals surface area contributed by atoms with E-state index in [1.165, 1.54) is 4.90 Å². The van der Waals surface area contributed by atoms with Crippen molar-refractivity contribution in [2.45, 2.75) is 45.7 Å². The highest BCUT2D eigenvalue weighted by molar-refractivity contribution is 6.35. The molecule has 0 bridgehead atoms. The number of nitrogens with one attached hydrogen (secondary N) is 2. The van der Waals surface area contributed by atoms with Gasteiger partial charge >= 0.3 is 6.09 Å². The molecule has 2 unspecified atom stereocenters. The number of carboxylic acid groups (broad SMARTS) is 1. The fourth-order valence-corrected chi connectivity index (χ4v) is 3.96. The average molecular weight is 387 g/mol. The standard InChI is InChI=1S/C15H20Cl2N6O2/c1-15(2,3)9-7(5-4-6-23(9)14(24)25)18-11-8-10(16)21-22-12(8)20-13(17)19-11/h7,9H,4-6H2,1-3H3,(H,24,25)(H2,18,19,20,21,22). The monoisotopic (exact) mass is 386 g/mol. The third-order valence-corrected chi connectivity index (χ3v) is 4.87. The predicted octanol–water partition coefficient (Wildman–Crippen LogP) is 3.63. The summed E-state index contributed by atoms with van der Waals surface area (Å²) >= 11 is 12.2. The molecule has 2 atom stereocenters. The molecular formula is C15H20Cl2N6O2. The number of fused-ring (bicyclic) bond motifs is 1. The smallest absolute Gasteiger partial charge is 0.407 e. The maximum absolute atomic E-state index is 11.7. The lowest BCUT2D eigenvalue weighted by Crippen LogP contribution is -2.58. The number of hydrogen-bond acceptors (Lipinski definition) is 5. The van der Waals surface area contributed by atoms with Gasteiger partial charge in [0.25, 0.3) is 0 Å². The van der Waals surface area contributed by atoms with Gasteiger partial charge in [-0.05, 0) is 29.9 Å². The van der Waals surface area contributed by atoms with Crippen LogP contribution in [0.2, 0.25) is 10.4 Å². The molecule has 1 saturated heterocycles. The number of piperidine rings is 1. The highest BCUT2D eigenvalue weighted by atomic mass is 35.5. The minimum absolute atomic E-state index is 0.0522. The van der Waals surface area contributed by atoms with Gasteiger partial charge in [0.2, 0.25) is 5.28 Å². The Bertz CT molecular complexity index is 803. The quantitative estimate of drug-likeness (QED) is 0.680. The average Bonchev–Trinajstić information content (AvgIpc) is 2.87. The number of aromatic amines is 1. The molecule has 25 heavy (non-hydrogen) atoms. The van der Waals surface area contributed by atoms with Crippen LogP contribution in [0.3, 0.4) is 0 Å². The van der Waals surface area contributed by atoms with Crippen molar-refractivity contribution in [2.75, 3.05) is 11.9 Å². The Morgan fingerprint density at radius 2 is 2.08 bits per heavy atom. The largest absolute Gasteiger partial charge is 0.465 e. The van der Waals surface area contributed by atoms with E-state index in [4.69, 9.17) is 23.2 Å². The van der Waals surface area contributed by atoms with E-state index in [1.807, 2.05) is 20.8 Å². The van der Waals surface area contributed by atoms with Crippen molar-refractivity contribution in [3.63, 3.8) is 0 Å². The first kappa shape index (κ1) is 18.0. The maximum atomic E-state index is 11.7. The molecule has 0 radical (unpaired) electrons. The summed E-state index contributed by atoms with van der Waals surface area (Å²) < 4.78 is 0. The molecule has 2 aromatic rings. The van der Waals surface area contributed by atoms with E-state index in [0.29, 0.717) is 28.5 Å². The summed E-state index contributed by atoms with van der Waals surface area (Å²) in [6, 6.07) is -0.363. The topological polar surface area (TPSA) is 107 Å². The Labute approximate surface area is 154 Å². The summed E-state index contributed by atoms with van der Waals surface area (Å²) in [5.74, 6) is 0.459. The fraction of sp³-hybridized carbons (Fsp3) is 0.600. The van der Waals surface area contributed by atoms with Gasteiger partial charge in [-0.15, -0.1) is 0 Å². The summed E-state index contributed by atoms with van der Waals surface area (Å²) in [6.07, 6.45) is 0.653. The van der Waals surface area contributed by atoms with Gasteiger partial charge in [-0.1, -0.05) is 32.4 Å². The summed E-state index contributed by atoms with van der Waals surface area (Å²) in [7, 11) is 0. The molecule has 1 fully saturated rings. The molecule has 0 spiro atoms. The van der Waals surface area contributed by atoms with Crippen LogP contribution in [0.5, 0.6) is 0 Å². The Kier molecular flexibility index (Phi) is 4.68. The lowest BCUT2D eigenvalue weighted by Gasteiger charge is -2.47.